The zero-order valence-electron chi connectivity index (χ0n) is 14.1. The second-order valence-electron chi connectivity index (χ2n) is 7.00. The molecule has 126 valence electrons. The Morgan fingerprint density at radius 3 is 2.75 bits per heavy atom. The summed E-state index contributed by atoms with van der Waals surface area (Å²) >= 11 is 0. The number of pyridine rings is 1. The Morgan fingerprint density at radius 2 is 2.08 bits per heavy atom. The highest BCUT2D eigenvalue weighted by molar-refractivity contribution is 5.93. The van der Waals surface area contributed by atoms with Gasteiger partial charge in [0.1, 0.15) is 0 Å². The lowest BCUT2D eigenvalue weighted by atomic mass is 9.92. The average molecular weight is 327 g/mol. The Hall–Kier alpha value is -2.63. The van der Waals surface area contributed by atoms with Gasteiger partial charge in [-0.05, 0) is 44.5 Å². The van der Waals surface area contributed by atoms with Crippen molar-refractivity contribution in [3.8, 4) is 0 Å². The van der Waals surface area contributed by atoms with Crippen molar-refractivity contribution >= 4 is 11.8 Å². The molecule has 2 amide bonds. The lowest BCUT2D eigenvalue weighted by molar-refractivity contribution is -0.124. The molecule has 1 N–H and O–H groups in total. The van der Waals surface area contributed by atoms with E-state index >= 15 is 0 Å². The summed E-state index contributed by atoms with van der Waals surface area (Å²) in [6.07, 6.45) is 3.15. The Labute approximate surface area is 140 Å². The van der Waals surface area contributed by atoms with E-state index in [1.54, 1.807) is 23.2 Å². The molecule has 6 nitrogen and oxygen atoms in total. The molecular weight excluding hydrogens is 306 g/mol. The van der Waals surface area contributed by atoms with Crippen LogP contribution in [-0.2, 0) is 11.3 Å². The largest absolute Gasteiger partial charge is 0.459 e. The molecule has 0 radical (unpaired) electrons. The molecule has 2 aromatic heterocycles. The minimum absolute atomic E-state index is 0.126. The molecule has 24 heavy (non-hydrogen) atoms. The molecule has 0 bridgehead atoms. The maximum absolute atomic E-state index is 12.7. The van der Waals surface area contributed by atoms with Crippen molar-refractivity contribution in [2.45, 2.75) is 38.8 Å². The third-order valence-electron chi connectivity index (χ3n) is 3.85. The van der Waals surface area contributed by atoms with Crippen LogP contribution in [0.2, 0.25) is 0 Å². The van der Waals surface area contributed by atoms with Gasteiger partial charge in [-0.25, -0.2) is 0 Å². The van der Waals surface area contributed by atoms with Crippen LogP contribution in [0.4, 0.5) is 0 Å². The topological polar surface area (TPSA) is 75.4 Å². The fourth-order valence-electron chi connectivity index (χ4n) is 2.85. The molecule has 2 aromatic rings. The number of nitrogens with zero attached hydrogens (tertiary/aromatic N) is 2. The summed E-state index contributed by atoms with van der Waals surface area (Å²) in [5.74, 6) is -0.562. The van der Waals surface area contributed by atoms with Gasteiger partial charge >= 0.3 is 0 Å². The van der Waals surface area contributed by atoms with Crippen LogP contribution < -0.4 is 5.32 Å². The first-order chi connectivity index (χ1) is 11.3. The minimum Gasteiger partial charge on any atom is -0.459 e. The van der Waals surface area contributed by atoms with Gasteiger partial charge in [-0.1, -0.05) is 6.07 Å². The molecule has 0 aliphatic carbocycles. The van der Waals surface area contributed by atoms with Crippen molar-refractivity contribution in [3.05, 3.63) is 53.7 Å². The summed E-state index contributed by atoms with van der Waals surface area (Å²) in [6.45, 7) is 6.49. The number of aromatic nitrogens is 1. The number of nitrogens with one attached hydrogen (secondary N) is 1. The highest BCUT2D eigenvalue weighted by Gasteiger charge is 2.35. The molecule has 0 aromatic carbocycles. The van der Waals surface area contributed by atoms with Gasteiger partial charge in [0.05, 0.1) is 17.9 Å². The first-order valence-electron chi connectivity index (χ1n) is 7.94. The average Bonchev–Trinajstić information content (AvgIpc) is 3.05. The van der Waals surface area contributed by atoms with Gasteiger partial charge in [0.15, 0.2) is 5.76 Å². The monoisotopic (exact) mass is 327 g/mol. The summed E-state index contributed by atoms with van der Waals surface area (Å²) in [5.41, 5.74) is 1.28. The zero-order chi connectivity index (χ0) is 17.3. The molecule has 1 aliphatic rings. The van der Waals surface area contributed by atoms with Gasteiger partial charge in [0.2, 0.25) is 5.91 Å². The van der Waals surface area contributed by atoms with Crippen LogP contribution >= 0.6 is 0 Å². The summed E-state index contributed by atoms with van der Waals surface area (Å²) in [4.78, 5) is 31.3. The van der Waals surface area contributed by atoms with E-state index in [9.17, 15) is 9.59 Å². The lowest BCUT2D eigenvalue weighted by Gasteiger charge is -2.34. The lowest BCUT2D eigenvalue weighted by Crippen LogP contribution is -2.48. The highest BCUT2D eigenvalue weighted by Crippen LogP contribution is 2.28. The molecule has 0 saturated carbocycles. The van der Waals surface area contributed by atoms with Gasteiger partial charge in [-0.3, -0.25) is 14.6 Å². The number of carbonyl (C=O) groups is 2. The summed E-state index contributed by atoms with van der Waals surface area (Å²) in [5, 5.41) is 2.98. The van der Waals surface area contributed by atoms with Gasteiger partial charge in [0.25, 0.3) is 5.91 Å². The molecule has 1 aliphatic heterocycles. The van der Waals surface area contributed by atoms with E-state index in [-0.39, 0.29) is 29.7 Å². The Morgan fingerprint density at radius 1 is 1.29 bits per heavy atom. The minimum atomic E-state index is -0.493. The maximum atomic E-state index is 12.7. The van der Waals surface area contributed by atoms with E-state index in [1.165, 1.54) is 6.26 Å². The number of hydrogen-bond donors (Lipinski definition) is 1. The molecule has 0 saturated heterocycles. The van der Waals surface area contributed by atoms with Gasteiger partial charge in [-0.15, -0.1) is 0 Å². The highest BCUT2D eigenvalue weighted by atomic mass is 16.3. The van der Waals surface area contributed by atoms with Gasteiger partial charge < -0.3 is 14.6 Å². The first kappa shape index (κ1) is 16.2. The van der Waals surface area contributed by atoms with Crippen LogP contribution in [0.1, 0.15) is 48.5 Å². The van der Waals surface area contributed by atoms with E-state index < -0.39 is 5.92 Å². The second kappa shape index (κ2) is 6.11. The normalized spacial score (nSPS) is 17.3. The SMILES string of the molecule is CC(C)(C)NC(=O)C1CN(C(=O)c2ccco2)Cc2cccnc21. The fraction of sp³-hybridized carbons (Fsp3) is 0.389. The molecular formula is C18H21N3O3. The number of furan rings is 1. The number of amides is 2. The van der Waals surface area contributed by atoms with E-state index in [1.807, 2.05) is 32.9 Å². The van der Waals surface area contributed by atoms with E-state index in [2.05, 4.69) is 10.3 Å². The molecule has 0 spiro atoms. The van der Waals surface area contributed by atoms with Crippen LogP contribution in [0.25, 0.3) is 0 Å². The van der Waals surface area contributed by atoms with Gasteiger partial charge in [0, 0.05) is 24.8 Å². The van der Waals surface area contributed by atoms with Crippen LogP contribution in [0.5, 0.6) is 0 Å². The molecule has 0 fully saturated rings. The maximum Gasteiger partial charge on any atom is 0.289 e. The Bertz CT molecular complexity index is 747. The standard InChI is InChI=1S/C18H21N3O3/c1-18(2,3)20-16(22)13-11-21(17(23)14-7-5-9-24-14)10-12-6-4-8-19-15(12)13/h4-9,13H,10-11H2,1-3H3,(H,20,22). The Kier molecular flexibility index (Phi) is 4.13. The molecule has 1 unspecified atom stereocenters. The van der Waals surface area contributed by atoms with Crippen molar-refractivity contribution in [3.63, 3.8) is 0 Å². The first-order valence-corrected chi connectivity index (χ1v) is 7.94. The van der Waals surface area contributed by atoms with Crippen molar-refractivity contribution in [1.82, 2.24) is 15.2 Å². The third kappa shape index (κ3) is 3.32. The van der Waals surface area contributed by atoms with Crippen molar-refractivity contribution in [2.75, 3.05) is 6.54 Å². The Balaban J connectivity index is 1.90. The summed E-state index contributed by atoms with van der Waals surface area (Å²) < 4.78 is 5.21. The molecule has 1 atom stereocenters. The van der Waals surface area contributed by atoms with E-state index in [0.717, 1.165) is 11.3 Å². The summed E-state index contributed by atoms with van der Waals surface area (Å²) in [6, 6.07) is 7.03. The molecule has 6 heteroatoms. The second-order valence-corrected chi connectivity index (χ2v) is 7.00. The third-order valence-corrected chi connectivity index (χ3v) is 3.85. The zero-order valence-corrected chi connectivity index (χ0v) is 14.1. The predicted molar refractivity (Wildman–Crippen MR) is 88.3 cm³/mol. The number of rotatable bonds is 2. The van der Waals surface area contributed by atoms with Crippen molar-refractivity contribution in [1.29, 1.82) is 0 Å². The van der Waals surface area contributed by atoms with Gasteiger partial charge in [-0.2, -0.15) is 0 Å². The van der Waals surface area contributed by atoms with Crippen LogP contribution in [-0.4, -0.2) is 33.8 Å². The molecule has 3 rings (SSSR count). The predicted octanol–water partition coefficient (Wildman–Crippen LogP) is 2.33. The quantitative estimate of drug-likeness (QED) is 0.918. The molecule has 3 heterocycles. The smallest absolute Gasteiger partial charge is 0.289 e. The van der Waals surface area contributed by atoms with Crippen molar-refractivity contribution in [2.24, 2.45) is 0 Å². The van der Waals surface area contributed by atoms with E-state index in [0.29, 0.717) is 6.54 Å². The summed E-state index contributed by atoms with van der Waals surface area (Å²) in [7, 11) is 0. The van der Waals surface area contributed by atoms with Crippen LogP contribution in [0.3, 0.4) is 0 Å². The van der Waals surface area contributed by atoms with Crippen molar-refractivity contribution < 1.29 is 14.0 Å². The van der Waals surface area contributed by atoms with Crippen LogP contribution in [0, 0.1) is 0 Å². The van der Waals surface area contributed by atoms with Crippen LogP contribution in [0.15, 0.2) is 41.1 Å². The fourth-order valence-corrected chi connectivity index (χ4v) is 2.85. The number of carbonyl (C=O) groups excluding carboxylic acids is 2. The number of hydrogen-bond acceptors (Lipinski definition) is 4. The van der Waals surface area contributed by atoms with E-state index in [4.69, 9.17) is 4.42 Å². The number of fused-ring (bicyclic) bond motifs is 1.